The van der Waals surface area contributed by atoms with Gasteiger partial charge in [0, 0.05) is 18.7 Å². The quantitative estimate of drug-likeness (QED) is 0.666. The number of hydrogen-bond donors (Lipinski definition) is 3. The Hall–Kier alpha value is -2.57. The molecule has 1 fully saturated rings. The molecule has 0 unspecified atom stereocenters. The first-order valence-corrected chi connectivity index (χ1v) is 9.84. The Labute approximate surface area is 166 Å². The molecule has 3 amide bonds. The lowest BCUT2D eigenvalue weighted by Gasteiger charge is -2.19. The smallest absolute Gasteiger partial charge is 0.408 e. The first kappa shape index (κ1) is 21.7. The number of carbonyl (C=O) groups excluding carboxylic acids is 3. The van der Waals surface area contributed by atoms with Crippen molar-refractivity contribution in [2.45, 2.75) is 65.0 Å². The van der Waals surface area contributed by atoms with Crippen LogP contribution < -0.4 is 16.0 Å². The van der Waals surface area contributed by atoms with E-state index in [1.807, 2.05) is 24.3 Å². The van der Waals surface area contributed by atoms with Crippen molar-refractivity contribution in [2.75, 3.05) is 11.9 Å². The molecule has 7 nitrogen and oxygen atoms in total. The highest BCUT2D eigenvalue weighted by Crippen LogP contribution is 2.28. The lowest BCUT2D eigenvalue weighted by atomic mass is 10.0. The second-order valence-electron chi connectivity index (χ2n) is 8.19. The fraction of sp³-hybridized carbons (Fsp3) is 0.571. The van der Waals surface area contributed by atoms with Crippen molar-refractivity contribution in [3.8, 4) is 0 Å². The van der Waals surface area contributed by atoms with Gasteiger partial charge in [0.15, 0.2) is 0 Å². The van der Waals surface area contributed by atoms with Gasteiger partial charge in [-0.25, -0.2) is 4.79 Å². The molecule has 1 saturated carbocycles. The topological polar surface area (TPSA) is 96.5 Å². The number of amides is 3. The van der Waals surface area contributed by atoms with Gasteiger partial charge in [-0.3, -0.25) is 9.59 Å². The highest BCUT2D eigenvalue weighted by molar-refractivity contribution is 5.91. The van der Waals surface area contributed by atoms with E-state index in [2.05, 4.69) is 16.0 Å². The van der Waals surface area contributed by atoms with Crippen LogP contribution in [0.15, 0.2) is 24.3 Å². The highest BCUT2D eigenvalue weighted by atomic mass is 16.6. The average Bonchev–Trinajstić information content (AvgIpc) is 3.10. The molecular weight excluding hydrogens is 358 g/mol. The van der Waals surface area contributed by atoms with Crippen LogP contribution in [-0.2, 0) is 20.9 Å². The number of ether oxygens (including phenoxy) is 1. The van der Waals surface area contributed by atoms with Crippen LogP contribution in [0.25, 0.3) is 0 Å². The van der Waals surface area contributed by atoms with Crippen LogP contribution in [0, 0.1) is 5.92 Å². The fourth-order valence-corrected chi connectivity index (χ4v) is 3.20. The van der Waals surface area contributed by atoms with Gasteiger partial charge >= 0.3 is 6.09 Å². The number of nitrogens with one attached hydrogen (secondary N) is 3. The number of alkyl carbamates (subject to hydrolysis) is 1. The van der Waals surface area contributed by atoms with E-state index in [0.717, 1.165) is 18.4 Å². The second kappa shape index (κ2) is 10.1. The molecule has 0 atom stereocenters. The van der Waals surface area contributed by atoms with Crippen LogP contribution in [0.2, 0.25) is 0 Å². The summed E-state index contributed by atoms with van der Waals surface area (Å²) in [5.41, 5.74) is 0.898. The van der Waals surface area contributed by atoms with Gasteiger partial charge in [0.1, 0.15) is 12.1 Å². The van der Waals surface area contributed by atoms with Gasteiger partial charge in [0.05, 0.1) is 0 Å². The molecule has 2 rings (SSSR count). The number of benzene rings is 1. The van der Waals surface area contributed by atoms with Gasteiger partial charge in [0.2, 0.25) is 11.8 Å². The van der Waals surface area contributed by atoms with Crippen molar-refractivity contribution in [2.24, 2.45) is 5.92 Å². The predicted molar refractivity (Wildman–Crippen MR) is 108 cm³/mol. The summed E-state index contributed by atoms with van der Waals surface area (Å²) in [5.74, 6) is 0.154. The Morgan fingerprint density at radius 1 is 1.04 bits per heavy atom. The van der Waals surface area contributed by atoms with Crippen molar-refractivity contribution in [3.63, 3.8) is 0 Å². The van der Waals surface area contributed by atoms with Crippen LogP contribution in [0.1, 0.15) is 58.4 Å². The van der Waals surface area contributed by atoms with Crippen molar-refractivity contribution < 1.29 is 19.1 Å². The zero-order valence-corrected chi connectivity index (χ0v) is 17.0. The van der Waals surface area contributed by atoms with E-state index in [9.17, 15) is 14.4 Å². The summed E-state index contributed by atoms with van der Waals surface area (Å²) in [7, 11) is 0. The molecule has 3 N–H and O–H groups in total. The number of para-hydroxylation sites is 1. The maximum Gasteiger partial charge on any atom is 0.408 e. The van der Waals surface area contributed by atoms with Gasteiger partial charge in [-0.1, -0.05) is 31.0 Å². The van der Waals surface area contributed by atoms with Crippen molar-refractivity contribution in [1.29, 1.82) is 0 Å². The molecule has 0 saturated heterocycles. The third-order valence-electron chi connectivity index (χ3n) is 4.51. The van der Waals surface area contributed by atoms with Crippen molar-refractivity contribution >= 4 is 23.6 Å². The summed E-state index contributed by atoms with van der Waals surface area (Å²) >= 11 is 0. The molecule has 0 heterocycles. The molecule has 1 aromatic rings. The zero-order valence-electron chi connectivity index (χ0n) is 17.0. The van der Waals surface area contributed by atoms with Crippen LogP contribution in [-0.4, -0.2) is 30.1 Å². The molecule has 154 valence electrons. The van der Waals surface area contributed by atoms with Crippen molar-refractivity contribution in [3.05, 3.63) is 29.8 Å². The van der Waals surface area contributed by atoms with Gasteiger partial charge in [-0.05, 0) is 51.2 Å². The summed E-state index contributed by atoms with van der Waals surface area (Å²) in [6, 6.07) is 7.38. The Morgan fingerprint density at radius 3 is 2.39 bits per heavy atom. The number of carbonyl (C=O) groups is 3. The minimum Gasteiger partial charge on any atom is -0.444 e. The van der Waals surface area contributed by atoms with E-state index in [-0.39, 0.29) is 24.9 Å². The van der Waals surface area contributed by atoms with Gasteiger partial charge < -0.3 is 20.7 Å². The fourth-order valence-electron chi connectivity index (χ4n) is 3.20. The van der Waals surface area contributed by atoms with E-state index in [1.165, 1.54) is 12.8 Å². The highest BCUT2D eigenvalue weighted by Gasteiger charge is 2.19. The van der Waals surface area contributed by atoms with Crippen molar-refractivity contribution in [1.82, 2.24) is 10.6 Å². The van der Waals surface area contributed by atoms with E-state index < -0.39 is 11.7 Å². The Kier molecular flexibility index (Phi) is 7.84. The summed E-state index contributed by atoms with van der Waals surface area (Å²) in [6.45, 7) is 5.35. The molecule has 1 aliphatic carbocycles. The summed E-state index contributed by atoms with van der Waals surface area (Å²) < 4.78 is 5.09. The first-order valence-electron chi connectivity index (χ1n) is 9.84. The molecule has 0 spiro atoms. The molecule has 0 aliphatic heterocycles. The maximum absolute atomic E-state index is 12.3. The van der Waals surface area contributed by atoms with E-state index in [0.29, 0.717) is 18.0 Å². The largest absolute Gasteiger partial charge is 0.444 e. The zero-order chi connectivity index (χ0) is 20.6. The minimum absolute atomic E-state index is 0.0114. The minimum atomic E-state index is -0.637. The average molecular weight is 389 g/mol. The van der Waals surface area contributed by atoms with Crippen LogP contribution >= 0.6 is 0 Å². The molecule has 7 heteroatoms. The van der Waals surface area contributed by atoms with E-state index in [4.69, 9.17) is 4.74 Å². The summed E-state index contributed by atoms with van der Waals surface area (Å²) in [6.07, 6.45) is 4.56. The third-order valence-corrected chi connectivity index (χ3v) is 4.51. The Morgan fingerprint density at radius 2 is 1.71 bits per heavy atom. The van der Waals surface area contributed by atoms with Crippen LogP contribution in [0.4, 0.5) is 10.5 Å². The lowest BCUT2D eigenvalue weighted by molar-refractivity contribution is -0.120. The Bertz CT molecular complexity index is 691. The molecular formula is C21H31N3O4. The van der Waals surface area contributed by atoms with Gasteiger partial charge in [-0.2, -0.15) is 0 Å². The SMILES string of the molecule is CC(C)(C)OC(=O)NCC(=O)NCc1ccccc1NC(=O)CC1CCCC1. The summed E-state index contributed by atoms with van der Waals surface area (Å²) in [5, 5.41) is 8.12. The first-order chi connectivity index (χ1) is 13.2. The molecule has 0 radical (unpaired) electrons. The summed E-state index contributed by atoms with van der Waals surface area (Å²) in [4.78, 5) is 35.9. The maximum atomic E-state index is 12.3. The van der Waals surface area contributed by atoms with Crippen LogP contribution in [0.5, 0.6) is 0 Å². The van der Waals surface area contributed by atoms with Gasteiger partial charge in [0.25, 0.3) is 0 Å². The number of anilines is 1. The number of rotatable bonds is 7. The molecule has 0 bridgehead atoms. The van der Waals surface area contributed by atoms with Gasteiger partial charge in [-0.15, -0.1) is 0 Å². The molecule has 1 aliphatic rings. The van der Waals surface area contributed by atoms with E-state index >= 15 is 0 Å². The normalized spacial score (nSPS) is 14.4. The van der Waals surface area contributed by atoms with Crippen LogP contribution in [0.3, 0.4) is 0 Å². The Balaban J connectivity index is 1.79. The second-order valence-corrected chi connectivity index (χ2v) is 8.19. The molecule has 1 aromatic carbocycles. The lowest BCUT2D eigenvalue weighted by Crippen LogP contribution is -2.39. The molecule has 28 heavy (non-hydrogen) atoms. The predicted octanol–water partition coefficient (Wildman–Crippen LogP) is 3.35. The monoisotopic (exact) mass is 389 g/mol. The number of hydrogen-bond acceptors (Lipinski definition) is 4. The third kappa shape index (κ3) is 7.98. The van der Waals surface area contributed by atoms with E-state index in [1.54, 1.807) is 20.8 Å². The standard InChI is InChI=1S/C21H31N3O4/c1-21(2,3)28-20(27)23-14-19(26)22-13-16-10-6-7-11-17(16)24-18(25)12-15-8-4-5-9-15/h6-7,10-11,15H,4-5,8-9,12-14H2,1-3H3,(H,22,26)(H,23,27)(H,24,25). The molecule has 0 aromatic heterocycles.